The van der Waals surface area contributed by atoms with Gasteiger partial charge in [0.25, 0.3) is 0 Å². The number of halogens is 4. The summed E-state index contributed by atoms with van der Waals surface area (Å²) in [6.45, 7) is 1.84. The maximum atomic E-state index is 13.9. The van der Waals surface area contributed by atoms with Gasteiger partial charge in [-0.25, -0.2) is 9.18 Å². The van der Waals surface area contributed by atoms with Gasteiger partial charge in [0.2, 0.25) is 5.91 Å². The Labute approximate surface area is 171 Å². The molecule has 0 bridgehead atoms. The third-order valence-corrected chi connectivity index (χ3v) is 6.07. The lowest BCUT2D eigenvalue weighted by molar-refractivity contribution is -0.137. The summed E-state index contributed by atoms with van der Waals surface area (Å²) < 4.78 is 57.2. The molecule has 0 spiro atoms. The molecule has 1 aromatic rings. The van der Waals surface area contributed by atoms with E-state index in [1.165, 1.54) is 0 Å². The van der Waals surface area contributed by atoms with E-state index in [1.54, 1.807) is 9.80 Å². The topological polar surface area (TPSA) is 61.9 Å². The van der Waals surface area contributed by atoms with Crippen LogP contribution in [0.25, 0.3) is 0 Å². The van der Waals surface area contributed by atoms with Gasteiger partial charge in [-0.05, 0) is 30.9 Å². The van der Waals surface area contributed by atoms with E-state index >= 15 is 0 Å². The second-order valence-corrected chi connectivity index (χ2v) is 8.13. The molecule has 3 saturated heterocycles. The molecule has 2 atom stereocenters. The zero-order valence-electron chi connectivity index (χ0n) is 16.3. The van der Waals surface area contributed by atoms with Gasteiger partial charge in [-0.3, -0.25) is 4.79 Å². The van der Waals surface area contributed by atoms with Gasteiger partial charge in [0.05, 0.1) is 31.4 Å². The number of rotatable bonds is 4. The van der Waals surface area contributed by atoms with E-state index < -0.39 is 17.6 Å². The second-order valence-electron chi connectivity index (χ2n) is 8.13. The highest BCUT2D eigenvalue weighted by Gasteiger charge is 2.40. The highest BCUT2D eigenvalue weighted by molar-refractivity contribution is 5.78. The quantitative estimate of drug-likeness (QED) is 0.749. The molecule has 0 aromatic heterocycles. The summed E-state index contributed by atoms with van der Waals surface area (Å²) in [7, 11) is 0. The van der Waals surface area contributed by atoms with Gasteiger partial charge in [-0.1, -0.05) is 6.07 Å². The number of benzene rings is 1. The molecule has 0 radical (unpaired) electrons. The normalized spacial score (nSPS) is 24.9. The van der Waals surface area contributed by atoms with E-state index in [-0.39, 0.29) is 42.2 Å². The van der Waals surface area contributed by atoms with Crippen molar-refractivity contribution in [2.45, 2.75) is 44.2 Å². The third kappa shape index (κ3) is 4.38. The Kier molecular flexibility index (Phi) is 5.61. The summed E-state index contributed by atoms with van der Waals surface area (Å²) in [4.78, 5) is 27.4. The molecule has 3 heterocycles. The van der Waals surface area contributed by atoms with Gasteiger partial charge < -0.3 is 19.9 Å². The predicted molar refractivity (Wildman–Crippen MR) is 97.8 cm³/mol. The molecule has 10 heteroatoms. The number of alkyl halides is 3. The maximum absolute atomic E-state index is 13.9. The van der Waals surface area contributed by atoms with Crippen molar-refractivity contribution in [2.24, 2.45) is 5.92 Å². The van der Waals surface area contributed by atoms with Gasteiger partial charge in [-0.2, -0.15) is 13.2 Å². The number of hydrogen-bond acceptors (Lipinski definition) is 3. The molecule has 164 valence electrons. The number of likely N-dealkylation sites (tertiary alicyclic amines) is 2. The molecule has 1 N–H and O–H groups in total. The fourth-order valence-electron chi connectivity index (χ4n) is 4.23. The first-order valence-corrected chi connectivity index (χ1v) is 10.0. The molecular formula is C20H23F4N3O3. The molecule has 3 amide bonds. The predicted octanol–water partition coefficient (Wildman–Crippen LogP) is 2.77. The third-order valence-electron chi connectivity index (χ3n) is 6.07. The largest absolute Gasteiger partial charge is 0.416 e. The van der Waals surface area contributed by atoms with Crippen LogP contribution in [-0.2, 0) is 22.3 Å². The van der Waals surface area contributed by atoms with E-state index in [0.717, 1.165) is 25.0 Å². The zero-order valence-corrected chi connectivity index (χ0v) is 16.3. The fourth-order valence-corrected chi connectivity index (χ4v) is 4.23. The van der Waals surface area contributed by atoms with Gasteiger partial charge >= 0.3 is 12.2 Å². The van der Waals surface area contributed by atoms with Crippen LogP contribution in [0.3, 0.4) is 0 Å². The first-order chi connectivity index (χ1) is 14.2. The van der Waals surface area contributed by atoms with Crippen LogP contribution in [0.4, 0.5) is 22.4 Å². The van der Waals surface area contributed by atoms with Crippen LogP contribution in [0, 0.1) is 11.7 Å². The van der Waals surface area contributed by atoms with Gasteiger partial charge in [0.15, 0.2) is 0 Å². The monoisotopic (exact) mass is 429 g/mol. The van der Waals surface area contributed by atoms with Crippen LogP contribution in [-0.4, -0.2) is 60.1 Å². The Morgan fingerprint density at radius 3 is 2.57 bits per heavy atom. The van der Waals surface area contributed by atoms with Crippen molar-refractivity contribution in [2.75, 3.05) is 26.2 Å². The number of nitrogens with one attached hydrogen (secondary N) is 1. The van der Waals surface area contributed by atoms with Gasteiger partial charge in [0, 0.05) is 31.1 Å². The zero-order chi connectivity index (χ0) is 21.5. The fraction of sp³-hybridized carbons (Fsp3) is 0.600. The minimum atomic E-state index is -4.59. The number of urea groups is 1. The van der Waals surface area contributed by atoms with Crippen LogP contribution < -0.4 is 5.32 Å². The van der Waals surface area contributed by atoms with E-state index in [1.807, 2.05) is 0 Å². The summed E-state index contributed by atoms with van der Waals surface area (Å²) in [6, 6.07) is 2.43. The average Bonchev–Trinajstić information content (AvgIpc) is 3.29. The minimum absolute atomic E-state index is 0.0498. The smallest absolute Gasteiger partial charge is 0.370 e. The van der Waals surface area contributed by atoms with Crippen LogP contribution in [0.5, 0.6) is 0 Å². The number of carbonyl (C=O) groups excluding carboxylic acids is 2. The number of ether oxygens (including phenoxy) is 1. The first-order valence-electron chi connectivity index (χ1n) is 10.0. The van der Waals surface area contributed by atoms with E-state index in [9.17, 15) is 27.2 Å². The molecule has 1 aromatic carbocycles. The maximum Gasteiger partial charge on any atom is 0.416 e. The van der Waals surface area contributed by atoms with Crippen molar-refractivity contribution in [3.05, 3.63) is 35.1 Å². The van der Waals surface area contributed by atoms with Crippen LogP contribution in [0.15, 0.2) is 18.2 Å². The Bertz CT molecular complexity index is 826. The van der Waals surface area contributed by atoms with Gasteiger partial charge in [-0.15, -0.1) is 0 Å². The first kappa shape index (κ1) is 20.9. The summed E-state index contributed by atoms with van der Waals surface area (Å²) in [5.74, 6) is -0.618. The van der Waals surface area contributed by atoms with Crippen molar-refractivity contribution >= 4 is 11.9 Å². The summed E-state index contributed by atoms with van der Waals surface area (Å²) in [6.07, 6.45) is -2.65. The highest BCUT2D eigenvalue weighted by atomic mass is 19.4. The second kappa shape index (κ2) is 8.05. The Morgan fingerprint density at radius 2 is 1.93 bits per heavy atom. The summed E-state index contributed by atoms with van der Waals surface area (Å²) >= 11 is 0. The van der Waals surface area contributed by atoms with Crippen LogP contribution in [0.1, 0.15) is 30.4 Å². The van der Waals surface area contributed by atoms with Crippen molar-refractivity contribution in [1.82, 2.24) is 15.1 Å². The van der Waals surface area contributed by atoms with Crippen LogP contribution >= 0.6 is 0 Å². The molecule has 0 saturated carbocycles. The lowest BCUT2D eigenvalue weighted by Gasteiger charge is -2.40. The molecule has 3 aliphatic heterocycles. The molecule has 30 heavy (non-hydrogen) atoms. The number of amides is 3. The summed E-state index contributed by atoms with van der Waals surface area (Å²) in [5.41, 5.74) is -0.987. The molecule has 6 nitrogen and oxygen atoms in total. The van der Waals surface area contributed by atoms with E-state index in [2.05, 4.69) is 5.32 Å². The molecule has 4 rings (SSSR count). The van der Waals surface area contributed by atoms with Crippen molar-refractivity contribution in [1.29, 1.82) is 0 Å². The number of hydrogen-bond donors (Lipinski definition) is 1. The minimum Gasteiger partial charge on any atom is -0.370 e. The highest BCUT2D eigenvalue weighted by Crippen LogP contribution is 2.31. The SMILES string of the molecule is O=C1CCC(C2CCN(C(=O)N3CC(OCc4ccc(C(F)(F)F)cc4F)C3)C2)N1. The van der Waals surface area contributed by atoms with Crippen molar-refractivity contribution in [3.63, 3.8) is 0 Å². The lowest BCUT2D eigenvalue weighted by atomic mass is 9.98. The molecule has 3 aliphatic rings. The van der Waals surface area contributed by atoms with Crippen LogP contribution in [0.2, 0.25) is 0 Å². The molecule has 3 fully saturated rings. The summed E-state index contributed by atoms with van der Waals surface area (Å²) in [5, 5.41) is 2.96. The van der Waals surface area contributed by atoms with E-state index in [4.69, 9.17) is 4.74 Å². The number of carbonyl (C=O) groups is 2. The molecular weight excluding hydrogens is 406 g/mol. The van der Waals surface area contributed by atoms with Crippen molar-refractivity contribution in [3.8, 4) is 0 Å². The van der Waals surface area contributed by atoms with Crippen molar-refractivity contribution < 1.29 is 31.9 Å². The number of nitrogens with zero attached hydrogens (tertiary/aromatic N) is 2. The van der Waals surface area contributed by atoms with E-state index in [0.29, 0.717) is 38.7 Å². The Balaban J connectivity index is 1.21. The molecule has 2 unspecified atom stereocenters. The van der Waals surface area contributed by atoms with Gasteiger partial charge in [0.1, 0.15) is 5.82 Å². The standard InChI is InChI=1S/C20H23F4N3O3/c21-16-7-14(20(22,23)24)2-1-13(16)11-30-15-9-27(10-15)19(29)26-6-5-12(8-26)17-3-4-18(28)25-17/h1-2,7,12,15,17H,3-6,8-11H2,(H,25,28). The Hall–Kier alpha value is -2.36. The molecule has 0 aliphatic carbocycles. The lowest BCUT2D eigenvalue weighted by Crippen LogP contribution is -2.58. The average molecular weight is 429 g/mol. The Morgan fingerprint density at radius 1 is 1.17 bits per heavy atom.